The Morgan fingerprint density at radius 3 is 2.38 bits per heavy atom. The van der Waals surface area contributed by atoms with E-state index in [0.29, 0.717) is 23.7 Å². The number of halogens is 2. The van der Waals surface area contributed by atoms with Gasteiger partial charge in [0.05, 0.1) is 6.54 Å². The summed E-state index contributed by atoms with van der Waals surface area (Å²) in [7, 11) is 0. The van der Waals surface area contributed by atoms with Gasteiger partial charge in [-0.15, -0.1) is 0 Å². The maximum atomic E-state index is 12.9. The van der Waals surface area contributed by atoms with Gasteiger partial charge in [-0.3, -0.25) is 9.59 Å². The summed E-state index contributed by atoms with van der Waals surface area (Å²) in [6.07, 6.45) is 2.97. The van der Waals surface area contributed by atoms with E-state index in [1.54, 1.807) is 37.3 Å². The highest BCUT2D eigenvalue weighted by molar-refractivity contribution is 6.30. The SMILES string of the molecule is CCN(CC(=O)NCc1ccc(Cl)cc1)C(=O)/C=C/c1ccc(F)cc1. The Balaban J connectivity index is 1.86. The van der Waals surface area contributed by atoms with Gasteiger partial charge in [-0.25, -0.2) is 4.39 Å². The van der Waals surface area contributed by atoms with Crippen molar-refractivity contribution in [2.45, 2.75) is 13.5 Å². The molecule has 2 aromatic rings. The van der Waals surface area contributed by atoms with Crippen LogP contribution in [0.3, 0.4) is 0 Å². The zero-order valence-corrected chi connectivity index (χ0v) is 15.2. The highest BCUT2D eigenvalue weighted by Gasteiger charge is 2.13. The van der Waals surface area contributed by atoms with Gasteiger partial charge in [0.25, 0.3) is 0 Å². The van der Waals surface area contributed by atoms with Crippen LogP contribution in [0.5, 0.6) is 0 Å². The monoisotopic (exact) mass is 374 g/mol. The van der Waals surface area contributed by atoms with Crippen LogP contribution in [0.1, 0.15) is 18.1 Å². The lowest BCUT2D eigenvalue weighted by atomic mass is 10.2. The second-order valence-electron chi connectivity index (χ2n) is 5.64. The van der Waals surface area contributed by atoms with E-state index in [1.165, 1.54) is 23.1 Å². The van der Waals surface area contributed by atoms with Gasteiger partial charge >= 0.3 is 0 Å². The molecule has 0 aliphatic heterocycles. The summed E-state index contributed by atoms with van der Waals surface area (Å²) in [4.78, 5) is 25.7. The van der Waals surface area contributed by atoms with Crippen LogP contribution < -0.4 is 5.32 Å². The molecule has 0 spiro atoms. The average molecular weight is 375 g/mol. The Labute approximate surface area is 157 Å². The molecule has 0 heterocycles. The minimum absolute atomic E-state index is 0.0311. The first-order chi connectivity index (χ1) is 12.5. The van der Waals surface area contributed by atoms with E-state index in [0.717, 1.165) is 5.56 Å². The number of carbonyl (C=O) groups is 2. The van der Waals surface area contributed by atoms with E-state index in [9.17, 15) is 14.0 Å². The molecule has 2 amide bonds. The van der Waals surface area contributed by atoms with Crippen LogP contribution in [0.25, 0.3) is 6.08 Å². The number of carbonyl (C=O) groups excluding carboxylic acids is 2. The first-order valence-corrected chi connectivity index (χ1v) is 8.59. The molecule has 0 radical (unpaired) electrons. The molecule has 0 saturated carbocycles. The third-order valence-corrected chi connectivity index (χ3v) is 3.97. The fourth-order valence-electron chi connectivity index (χ4n) is 2.22. The van der Waals surface area contributed by atoms with Crippen LogP contribution in [0.4, 0.5) is 4.39 Å². The van der Waals surface area contributed by atoms with Crippen molar-refractivity contribution >= 4 is 29.5 Å². The molecule has 136 valence electrons. The van der Waals surface area contributed by atoms with Crippen LogP contribution >= 0.6 is 11.6 Å². The lowest BCUT2D eigenvalue weighted by Crippen LogP contribution is -2.39. The highest BCUT2D eigenvalue weighted by Crippen LogP contribution is 2.09. The Morgan fingerprint density at radius 2 is 1.77 bits per heavy atom. The molecule has 1 N–H and O–H groups in total. The number of benzene rings is 2. The van der Waals surface area contributed by atoms with Crippen molar-refractivity contribution in [3.63, 3.8) is 0 Å². The summed E-state index contributed by atoms with van der Waals surface area (Å²) >= 11 is 5.82. The quantitative estimate of drug-likeness (QED) is 0.752. The van der Waals surface area contributed by atoms with E-state index in [4.69, 9.17) is 11.6 Å². The Hall–Kier alpha value is -2.66. The molecular weight excluding hydrogens is 355 g/mol. The summed E-state index contributed by atoms with van der Waals surface area (Å²) < 4.78 is 12.9. The normalized spacial score (nSPS) is 10.7. The number of amides is 2. The predicted octanol–water partition coefficient (Wildman–Crippen LogP) is 3.66. The lowest BCUT2D eigenvalue weighted by Gasteiger charge is -2.18. The number of likely N-dealkylation sites (N-methyl/N-ethyl adjacent to an activating group) is 1. The molecule has 0 aliphatic carbocycles. The second kappa shape index (κ2) is 9.73. The molecule has 26 heavy (non-hydrogen) atoms. The van der Waals surface area contributed by atoms with Crippen molar-refractivity contribution in [2.24, 2.45) is 0 Å². The third-order valence-electron chi connectivity index (χ3n) is 3.72. The molecule has 2 aromatic carbocycles. The maximum absolute atomic E-state index is 12.9. The third kappa shape index (κ3) is 6.33. The van der Waals surface area contributed by atoms with Gasteiger partial charge in [0.15, 0.2) is 0 Å². The second-order valence-corrected chi connectivity index (χ2v) is 6.08. The molecule has 0 fully saturated rings. The zero-order valence-electron chi connectivity index (χ0n) is 14.4. The molecule has 0 unspecified atom stereocenters. The number of hydrogen-bond donors (Lipinski definition) is 1. The number of hydrogen-bond acceptors (Lipinski definition) is 2. The minimum Gasteiger partial charge on any atom is -0.350 e. The van der Waals surface area contributed by atoms with Crippen molar-refractivity contribution in [3.05, 3.63) is 76.6 Å². The van der Waals surface area contributed by atoms with Crippen molar-refractivity contribution in [2.75, 3.05) is 13.1 Å². The molecule has 0 bridgehead atoms. The van der Waals surface area contributed by atoms with Gasteiger partial charge < -0.3 is 10.2 Å². The van der Waals surface area contributed by atoms with Crippen LogP contribution in [0, 0.1) is 5.82 Å². The summed E-state index contributed by atoms with van der Waals surface area (Å²) in [6, 6.07) is 13.0. The van der Waals surface area contributed by atoms with E-state index in [2.05, 4.69) is 5.32 Å². The summed E-state index contributed by atoms with van der Waals surface area (Å²) in [5.41, 5.74) is 1.64. The first kappa shape index (κ1) is 19.7. The summed E-state index contributed by atoms with van der Waals surface area (Å²) in [6.45, 7) is 2.54. The average Bonchev–Trinajstić information content (AvgIpc) is 2.65. The molecular formula is C20H20ClFN2O2. The summed E-state index contributed by atoms with van der Waals surface area (Å²) in [5, 5.41) is 3.41. The number of nitrogens with one attached hydrogen (secondary N) is 1. The Kier molecular flexibility index (Phi) is 7.36. The van der Waals surface area contributed by atoms with Gasteiger partial charge in [-0.05, 0) is 48.4 Å². The lowest BCUT2D eigenvalue weighted by molar-refractivity contribution is -0.132. The van der Waals surface area contributed by atoms with E-state index >= 15 is 0 Å². The van der Waals surface area contributed by atoms with Crippen molar-refractivity contribution in [1.82, 2.24) is 10.2 Å². The Bertz CT molecular complexity index is 773. The molecule has 0 aromatic heterocycles. The van der Waals surface area contributed by atoms with Gasteiger partial charge in [-0.1, -0.05) is 35.9 Å². The van der Waals surface area contributed by atoms with E-state index < -0.39 is 0 Å². The molecule has 0 aliphatic rings. The van der Waals surface area contributed by atoms with Gasteiger partial charge in [-0.2, -0.15) is 0 Å². The van der Waals surface area contributed by atoms with E-state index in [1.807, 2.05) is 12.1 Å². The molecule has 4 nitrogen and oxygen atoms in total. The predicted molar refractivity (Wildman–Crippen MR) is 101 cm³/mol. The number of rotatable bonds is 7. The number of nitrogens with zero attached hydrogens (tertiary/aromatic N) is 1. The van der Waals surface area contributed by atoms with Crippen molar-refractivity contribution in [3.8, 4) is 0 Å². The summed E-state index contributed by atoms with van der Waals surface area (Å²) in [5.74, 6) is -0.857. The van der Waals surface area contributed by atoms with Gasteiger partial charge in [0, 0.05) is 24.2 Å². The molecule has 2 rings (SSSR count). The smallest absolute Gasteiger partial charge is 0.247 e. The maximum Gasteiger partial charge on any atom is 0.247 e. The van der Waals surface area contributed by atoms with Crippen LogP contribution in [0.2, 0.25) is 5.02 Å². The fourth-order valence-corrected chi connectivity index (χ4v) is 2.35. The van der Waals surface area contributed by atoms with Gasteiger partial charge in [0.2, 0.25) is 11.8 Å². The standard InChI is InChI=1S/C20H20ClFN2O2/c1-2-24(20(26)12-7-15-5-10-18(22)11-6-15)14-19(25)23-13-16-3-8-17(21)9-4-16/h3-12H,2,13-14H2,1H3,(H,23,25)/b12-7+. The van der Waals surface area contributed by atoms with Crippen LogP contribution in [0.15, 0.2) is 54.6 Å². The van der Waals surface area contributed by atoms with Crippen LogP contribution in [-0.4, -0.2) is 29.8 Å². The molecule has 6 heteroatoms. The largest absolute Gasteiger partial charge is 0.350 e. The van der Waals surface area contributed by atoms with Crippen molar-refractivity contribution in [1.29, 1.82) is 0 Å². The van der Waals surface area contributed by atoms with Gasteiger partial charge in [0.1, 0.15) is 5.82 Å². The zero-order chi connectivity index (χ0) is 18.9. The van der Waals surface area contributed by atoms with Crippen molar-refractivity contribution < 1.29 is 14.0 Å². The first-order valence-electron chi connectivity index (χ1n) is 8.21. The molecule has 0 atom stereocenters. The van der Waals surface area contributed by atoms with E-state index in [-0.39, 0.29) is 24.2 Å². The van der Waals surface area contributed by atoms with Crippen LogP contribution in [-0.2, 0) is 16.1 Å². The minimum atomic E-state index is -0.332. The topological polar surface area (TPSA) is 49.4 Å². The molecule has 0 saturated heterocycles. The highest BCUT2D eigenvalue weighted by atomic mass is 35.5. The fraction of sp³-hybridized carbons (Fsp3) is 0.200. The Morgan fingerprint density at radius 1 is 1.12 bits per heavy atom.